The molecule has 0 aliphatic rings. The van der Waals surface area contributed by atoms with Gasteiger partial charge in [-0.05, 0) is 65.7 Å². The second-order valence-electron chi connectivity index (χ2n) is 7.15. The van der Waals surface area contributed by atoms with Gasteiger partial charge in [0.15, 0.2) is 0 Å². The number of hydrogen-bond acceptors (Lipinski definition) is 4. The molecule has 0 spiro atoms. The number of anilines is 1. The molecule has 168 valence electrons. The van der Waals surface area contributed by atoms with Gasteiger partial charge in [-0.2, -0.15) is 0 Å². The van der Waals surface area contributed by atoms with E-state index in [9.17, 15) is 9.90 Å². The van der Waals surface area contributed by atoms with E-state index in [1.807, 2.05) is 36.4 Å². The highest BCUT2D eigenvalue weighted by molar-refractivity contribution is 7.19. The molecule has 0 saturated carbocycles. The molecule has 0 radical (unpaired) electrons. The van der Waals surface area contributed by atoms with Crippen molar-refractivity contribution in [3.63, 3.8) is 0 Å². The van der Waals surface area contributed by atoms with Crippen molar-refractivity contribution in [2.24, 2.45) is 0 Å². The van der Waals surface area contributed by atoms with Crippen LogP contribution in [0, 0.1) is 0 Å². The molecule has 3 aromatic carbocycles. The van der Waals surface area contributed by atoms with Crippen molar-refractivity contribution in [2.45, 2.75) is 13.2 Å². The Balaban J connectivity index is 1.47. The molecule has 0 saturated heterocycles. The minimum atomic E-state index is -0.979. The van der Waals surface area contributed by atoms with E-state index in [0.717, 1.165) is 21.6 Å². The van der Waals surface area contributed by atoms with Crippen LogP contribution in [0.2, 0.25) is 15.1 Å². The number of aromatic carboxylic acids is 1. The minimum absolute atomic E-state index is 0.234. The Morgan fingerprint density at radius 3 is 2.24 bits per heavy atom. The summed E-state index contributed by atoms with van der Waals surface area (Å²) in [6, 6.07) is 21.9. The van der Waals surface area contributed by atoms with Gasteiger partial charge < -0.3 is 15.2 Å². The SMILES string of the molecule is O=C(O)c1cc(-c2ccc(OCc3c(Cl)cccc3Cl)cc2)sc1NCc1ccc(Cl)cc1. The van der Waals surface area contributed by atoms with E-state index >= 15 is 0 Å². The van der Waals surface area contributed by atoms with Gasteiger partial charge in [0.05, 0.1) is 5.56 Å². The fraction of sp³-hybridized carbons (Fsp3) is 0.0800. The first kappa shape index (κ1) is 23.5. The third-order valence-corrected chi connectivity index (χ3v) is 7.01. The van der Waals surface area contributed by atoms with E-state index in [1.54, 1.807) is 36.4 Å². The van der Waals surface area contributed by atoms with E-state index in [0.29, 0.717) is 32.4 Å². The summed E-state index contributed by atoms with van der Waals surface area (Å²) in [5, 5.41) is 15.2. The first-order chi connectivity index (χ1) is 15.9. The predicted molar refractivity (Wildman–Crippen MR) is 136 cm³/mol. The lowest BCUT2D eigenvalue weighted by atomic mass is 10.1. The van der Waals surface area contributed by atoms with E-state index in [1.165, 1.54) is 11.3 Å². The smallest absolute Gasteiger partial charge is 0.338 e. The average molecular weight is 519 g/mol. The van der Waals surface area contributed by atoms with Gasteiger partial charge in [0.25, 0.3) is 0 Å². The number of rotatable bonds is 8. The number of carboxylic acids is 1. The van der Waals surface area contributed by atoms with Gasteiger partial charge in [0.1, 0.15) is 17.4 Å². The number of hydrogen-bond donors (Lipinski definition) is 2. The Hall–Kier alpha value is -2.70. The summed E-state index contributed by atoms with van der Waals surface area (Å²) < 4.78 is 5.83. The number of benzene rings is 3. The maximum Gasteiger partial charge on any atom is 0.338 e. The molecule has 1 aromatic heterocycles. The predicted octanol–water partition coefficient (Wildman–Crippen LogP) is 8.26. The van der Waals surface area contributed by atoms with Crippen LogP contribution in [0.1, 0.15) is 21.5 Å². The van der Waals surface area contributed by atoms with Crippen molar-refractivity contribution in [3.8, 4) is 16.2 Å². The zero-order chi connectivity index (χ0) is 23.4. The van der Waals surface area contributed by atoms with E-state index < -0.39 is 5.97 Å². The van der Waals surface area contributed by atoms with Crippen LogP contribution in [0.4, 0.5) is 5.00 Å². The van der Waals surface area contributed by atoms with Crippen molar-refractivity contribution in [1.29, 1.82) is 0 Å². The molecule has 8 heteroatoms. The normalized spacial score (nSPS) is 10.8. The van der Waals surface area contributed by atoms with Crippen LogP contribution in [0.3, 0.4) is 0 Å². The number of nitrogens with one attached hydrogen (secondary N) is 1. The molecule has 4 aromatic rings. The number of halogens is 3. The Morgan fingerprint density at radius 1 is 0.939 bits per heavy atom. The van der Waals surface area contributed by atoms with Crippen molar-refractivity contribution >= 4 is 57.1 Å². The second-order valence-corrected chi connectivity index (χ2v) is 9.45. The van der Waals surface area contributed by atoms with E-state index in [-0.39, 0.29) is 12.2 Å². The third-order valence-electron chi connectivity index (χ3n) is 4.91. The van der Waals surface area contributed by atoms with Gasteiger partial charge in [-0.3, -0.25) is 0 Å². The molecule has 2 N–H and O–H groups in total. The molecule has 4 nitrogen and oxygen atoms in total. The average Bonchev–Trinajstić information content (AvgIpc) is 3.23. The number of ether oxygens (including phenoxy) is 1. The Kier molecular flexibility index (Phi) is 7.46. The highest BCUT2D eigenvalue weighted by Crippen LogP contribution is 2.36. The molecule has 1 heterocycles. The van der Waals surface area contributed by atoms with Crippen molar-refractivity contribution in [3.05, 3.63) is 105 Å². The van der Waals surface area contributed by atoms with Crippen LogP contribution >= 0.6 is 46.1 Å². The molecule has 0 atom stereocenters. The summed E-state index contributed by atoms with van der Waals surface area (Å²) in [5.74, 6) is -0.321. The van der Waals surface area contributed by atoms with Gasteiger partial charge in [-0.15, -0.1) is 11.3 Å². The summed E-state index contributed by atoms with van der Waals surface area (Å²) in [6.07, 6.45) is 0. The highest BCUT2D eigenvalue weighted by Gasteiger charge is 2.16. The molecule has 33 heavy (non-hydrogen) atoms. The topological polar surface area (TPSA) is 58.6 Å². The van der Waals surface area contributed by atoms with Crippen LogP contribution in [0.25, 0.3) is 10.4 Å². The minimum Gasteiger partial charge on any atom is -0.489 e. The standard InChI is InChI=1S/C25H18Cl3NO3S/c26-17-8-4-15(5-9-17)13-29-24-19(25(30)31)12-23(33-24)16-6-10-18(11-7-16)32-14-20-21(27)2-1-3-22(20)28/h1-12,29H,13-14H2,(H,30,31). The molecule has 0 aliphatic heterocycles. The summed E-state index contributed by atoms with van der Waals surface area (Å²) in [7, 11) is 0. The zero-order valence-electron chi connectivity index (χ0n) is 17.1. The van der Waals surface area contributed by atoms with Gasteiger partial charge in [-0.25, -0.2) is 4.79 Å². The van der Waals surface area contributed by atoms with Crippen molar-refractivity contribution < 1.29 is 14.6 Å². The molecule has 0 aliphatic carbocycles. The lowest BCUT2D eigenvalue weighted by Crippen LogP contribution is -2.03. The Morgan fingerprint density at radius 2 is 1.61 bits per heavy atom. The Bertz CT molecular complexity index is 1250. The fourth-order valence-electron chi connectivity index (χ4n) is 3.15. The van der Waals surface area contributed by atoms with Crippen molar-refractivity contribution in [1.82, 2.24) is 0 Å². The first-order valence-electron chi connectivity index (χ1n) is 9.92. The first-order valence-corrected chi connectivity index (χ1v) is 11.9. The number of carbonyl (C=O) groups is 1. The summed E-state index contributed by atoms with van der Waals surface area (Å²) in [4.78, 5) is 12.6. The Labute approximate surface area is 210 Å². The fourth-order valence-corrected chi connectivity index (χ4v) is 4.83. The van der Waals surface area contributed by atoms with Gasteiger partial charge in [-0.1, -0.05) is 53.0 Å². The second kappa shape index (κ2) is 10.5. The van der Waals surface area contributed by atoms with Crippen LogP contribution in [0.5, 0.6) is 5.75 Å². The molecular formula is C25H18Cl3NO3S. The molecule has 4 rings (SSSR count). The zero-order valence-corrected chi connectivity index (χ0v) is 20.2. The molecular weight excluding hydrogens is 501 g/mol. The lowest BCUT2D eigenvalue weighted by Gasteiger charge is -2.10. The van der Waals surface area contributed by atoms with E-state index in [4.69, 9.17) is 39.5 Å². The molecule has 0 unspecified atom stereocenters. The van der Waals surface area contributed by atoms with Crippen molar-refractivity contribution in [2.75, 3.05) is 5.32 Å². The van der Waals surface area contributed by atoms with Crippen LogP contribution < -0.4 is 10.1 Å². The lowest BCUT2D eigenvalue weighted by molar-refractivity contribution is 0.0698. The van der Waals surface area contributed by atoms with Gasteiger partial charge in [0.2, 0.25) is 0 Å². The van der Waals surface area contributed by atoms with Crippen LogP contribution in [-0.2, 0) is 13.2 Å². The summed E-state index contributed by atoms with van der Waals surface area (Å²) in [5.41, 5.74) is 2.86. The molecule has 0 fully saturated rings. The molecule has 0 bridgehead atoms. The van der Waals surface area contributed by atoms with Gasteiger partial charge in [0, 0.05) is 32.1 Å². The van der Waals surface area contributed by atoms with Crippen LogP contribution in [-0.4, -0.2) is 11.1 Å². The van der Waals surface area contributed by atoms with E-state index in [2.05, 4.69) is 5.32 Å². The number of carboxylic acid groups (broad SMARTS) is 1. The number of thiophene rings is 1. The monoisotopic (exact) mass is 517 g/mol. The third kappa shape index (κ3) is 5.81. The van der Waals surface area contributed by atoms with Gasteiger partial charge >= 0.3 is 5.97 Å². The quantitative estimate of drug-likeness (QED) is 0.246. The highest BCUT2D eigenvalue weighted by atomic mass is 35.5. The largest absolute Gasteiger partial charge is 0.489 e. The maximum absolute atomic E-state index is 11.8. The molecule has 0 amide bonds. The summed E-state index contributed by atoms with van der Waals surface area (Å²) in [6.45, 7) is 0.744. The maximum atomic E-state index is 11.8. The van der Waals surface area contributed by atoms with Crippen LogP contribution in [0.15, 0.2) is 72.8 Å². The summed E-state index contributed by atoms with van der Waals surface area (Å²) >= 11 is 19.7.